The van der Waals surface area contributed by atoms with Gasteiger partial charge in [-0.25, -0.2) is 4.79 Å². The SMILES string of the molecule is CCOC(=O)C(=O)N1C[C@@H]2C[C@@H](C1)[C@@H]1CCCC(=O)N1C2. The summed E-state index contributed by atoms with van der Waals surface area (Å²) in [5, 5.41) is 0. The Balaban J connectivity index is 1.70. The van der Waals surface area contributed by atoms with Crippen LogP contribution in [0.4, 0.5) is 0 Å². The molecule has 0 aromatic heterocycles. The van der Waals surface area contributed by atoms with Crippen molar-refractivity contribution < 1.29 is 19.1 Å². The predicted octanol–water partition coefficient (Wildman–Crippen LogP) is 0.409. The maximum atomic E-state index is 12.1. The molecule has 3 atom stereocenters. The molecule has 3 aliphatic heterocycles. The lowest BCUT2D eigenvalue weighted by Crippen LogP contribution is -2.61. The van der Waals surface area contributed by atoms with Crippen molar-refractivity contribution >= 4 is 17.8 Å². The van der Waals surface area contributed by atoms with Crippen molar-refractivity contribution in [3.63, 3.8) is 0 Å². The van der Waals surface area contributed by atoms with Crippen LogP contribution in [0.2, 0.25) is 0 Å². The van der Waals surface area contributed by atoms with Gasteiger partial charge in [0, 0.05) is 32.1 Å². The molecule has 0 aliphatic carbocycles. The van der Waals surface area contributed by atoms with Crippen LogP contribution in [0.5, 0.6) is 0 Å². The average molecular weight is 294 g/mol. The maximum Gasteiger partial charge on any atom is 0.397 e. The van der Waals surface area contributed by atoms with Gasteiger partial charge < -0.3 is 14.5 Å². The van der Waals surface area contributed by atoms with E-state index in [0.717, 1.165) is 25.8 Å². The van der Waals surface area contributed by atoms with Gasteiger partial charge in [-0.05, 0) is 38.0 Å². The Morgan fingerprint density at radius 1 is 1.29 bits per heavy atom. The van der Waals surface area contributed by atoms with E-state index in [9.17, 15) is 14.4 Å². The van der Waals surface area contributed by atoms with E-state index in [2.05, 4.69) is 0 Å². The number of amides is 2. The average Bonchev–Trinajstić information content (AvgIpc) is 2.48. The zero-order valence-electron chi connectivity index (χ0n) is 12.4. The van der Waals surface area contributed by atoms with Crippen molar-refractivity contribution in [1.82, 2.24) is 9.80 Å². The first-order chi connectivity index (χ1) is 10.1. The fraction of sp³-hybridized carbons (Fsp3) is 0.800. The fourth-order valence-corrected chi connectivity index (χ4v) is 4.10. The Morgan fingerprint density at radius 2 is 2.10 bits per heavy atom. The molecule has 0 spiro atoms. The molecule has 0 saturated carbocycles. The molecule has 0 aromatic rings. The van der Waals surface area contributed by atoms with Crippen LogP contribution in [0.15, 0.2) is 0 Å². The van der Waals surface area contributed by atoms with Gasteiger partial charge in [-0.3, -0.25) is 9.59 Å². The molecule has 6 heteroatoms. The van der Waals surface area contributed by atoms with Crippen molar-refractivity contribution in [1.29, 1.82) is 0 Å². The third kappa shape index (κ3) is 2.63. The second-order valence-corrected chi connectivity index (χ2v) is 6.30. The number of esters is 1. The summed E-state index contributed by atoms with van der Waals surface area (Å²) in [6.45, 7) is 3.78. The summed E-state index contributed by atoms with van der Waals surface area (Å²) >= 11 is 0. The normalized spacial score (nSPS) is 31.7. The summed E-state index contributed by atoms with van der Waals surface area (Å²) in [7, 11) is 0. The van der Waals surface area contributed by atoms with Crippen LogP contribution in [-0.4, -0.2) is 59.9 Å². The molecule has 3 aliphatic rings. The number of fused-ring (bicyclic) bond motifs is 4. The molecule has 116 valence electrons. The van der Waals surface area contributed by atoms with E-state index in [1.807, 2.05) is 4.90 Å². The lowest BCUT2D eigenvalue weighted by molar-refractivity contribution is -0.164. The highest BCUT2D eigenvalue weighted by atomic mass is 16.5. The van der Waals surface area contributed by atoms with Crippen molar-refractivity contribution in [2.45, 2.75) is 38.6 Å². The molecule has 2 amide bonds. The number of ether oxygens (including phenoxy) is 1. The smallest absolute Gasteiger partial charge is 0.397 e. The van der Waals surface area contributed by atoms with Crippen LogP contribution in [0, 0.1) is 11.8 Å². The maximum absolute atomic E-state index is 12.1. The lowest BCUT2D eigenvalue weighted by Gasteiger charge is -2.52. The van der Waals surface area contributed by atoms with Crippen molar-refractivity contribution in [2.24, 2.45) is 11.8 Å². The van der Waals surface area contributed by atoms with Crippen LogP contribution in [0.1, 0.15) is 32.6 Å². The third-order valence-electron chi connectivity index (χ3n) is 4.92. The second-order valence-electron chi connectivity index (χ2n) is 6.30. The van der Waals surface area contributed by atoms with E-state index in [0.29, 0.717) is 31.3 Å². The third-order valence-corrected chi connectivity index (χ3v) is 4.92. The standard InChI is InChI=1S/C15H22N2O4/c1-2-21-15(20)14(19)16-7-10-6-11(9-16)12-4-3-5-13(18)17(12)8-10/h10-12H,2-9H2,1H3/t10-,11-,12-/m0/s1. The Hall–Kier alpha value is -1.59. The quantitative estimate of drug-likeness (QED) is 0.519. The molecule has 3 heterocycles. The van der Waals surface area contributed by atoms with Gasteiger partial charge in [-0.15, -0.1) is 0 Å². The van der Waals surface area contributed by atoms with Crippen LogP contribution in [-0.2, 0) is 19.1 Å². The number of carbonyl (C=O) groups excluding carboxylic acids is 3. The summed E-state index contributed by atoms with van der Waals surface area (Å²) in [4.78, 5) is 39.4. The molecule has 21 heavy (non-hydrogen) atoms. The molecule has 6 nitrogen and oxygen atoms in total. The Kier molecular flexibility index (Phi) is 3.87. The van der Waals surface area contributed by atoms with Gasteiger partial charge in [0.2, 0.25) is 5.91 Å². The Bertz CT molecular complexity index is 465. The highest BCUT2D eigenvalue weighted by Crippen LogP contribution is 2.37. The van der Waals surface area contributed by atoms with Crippen molar-refractivity contribution in [3.8, 4) is 0 Å². The zero-order valence-corrected chi connectivity index (χ0v) is 12.4. The first-order valence-corrected chi connectivity index (χ1v) is 7.85. The van der Waals surface area contributed by atoms with Crippen LogP contribution in [0.25, 0.3) is 0 Å². The van der Waals surface area contributed by atoms with E-state index in [-0.39, 0.29) is 18.6 Å². The highest BCUT2D eigenvalue weighted by molar-refractivity contribution is 6.32. The predicted molar refractivity (Wildman–Crippen MR) is 74.2 cm³/mol. The van der Waals surface area contributed by atoms with Gasteiger partial charge in [0.1, 0.15) is 0 Å². The summed E-state index contributed by atoms with van der Waals surface area (Å²) in [6, 6.07) is 0.250. The molecular formula is C15H22N2O4. The first-order valence-electron chi connectivity index (χ1n) is 7.85. The lowest BCUT2D eigenvalue weighted by atomic mass is 9.76. The minimum atomic E-state index is -0.756. The summed E-state index contributed by atoms with van der Waals surface area (Å²) in [5.74, 6) is -0.428. The van der Waals surface area contributed by atoms with Gasteiger partial charge in [-0.2, -0.15) is 0 Å². The van der Waals surface area contributed by atoms with Gasteiger partial charge in [0.25, 0.3) is 0 Å². The summed E-state index contributed by atoms with van der Waals surface area (Å²) in [5.41, 5.74) is 0. The summed E-state index contributed by atoms with van der Waals surface area (Å²) in [6.07, 6.45) is 3.67. The first kappa shape index (κ1) is 14.4. The van der Waals surface area contributed by atoms with E-state index in [1.54, 1.807) is 11.8 Å². The van der Waals surface area contributed by atoms with Gasteiger partial charge in [0.15, 0.2) is 0 Å². The van der Waals surface area contributed by atoms with Gasteiger partial charge >= 0.3 is 11.9 Å². The molecule has 3 rings (SSSR count). The number of hydrogen-bond acceptors (Lipinski definition) is 4. The number of piperidine rings is 3. The molecule has 3 fully saturated rings. The minimum Gasteiger partial charge on any atom is -0.459 e. The summed E-state index contributed by atoms with van der Waals surface area (Å²) < 4.78 is 4.81. The highest BCUT2D eigenvalue weighted by Gasteiger charge is 2.45. The van der Waals surface area contributed by atoms with E-state index >= 15 is 0 Å². The molecule has 0 N–H and O–H groups in total. The topological polar surface area (TPSA) is 66.9 Å². The Labute approximate surface area is 124 Å². The number of rotatable bonds is 1. The number of carbonyl (C=O) groups is 3. The minimum absolute atomic E-state index is 0.218. The van der Waals surface area contributed by atoms with E-state index < -0.39 is 11.9 Å². The molecular weight excluding hydrogens is 272 g/mol. The van der Waals surface area contributed by atoms with Gasteiger partial charge in [0.05, 0.1) is 6.61 Å². The van der Waals surface area contributed by atoms with Gasteiger partial charge in [-0.1, -0.05) is 0 Å². The van der Waals surface area contributed by atoms with Crippen LogP contribution >= 0.6 is 0 Å². The number of nitrogens with zero attached hydrogens (tertiary/aromatic N) is 2. The monoisotopic (exact) mass is 294 g/mol. The molecule has 0 unspecified atom stereocenters. The van der Waals surface area contributed by atoms with Crippen molar-refractivity contribution in [3.05, 3.63) is 0 Å². The van der Waals surface area contributed by atoms with Crippen molar-refractivity contribution in [2.75, 3.05) is 26.2 Å². The molecule has 3 saturated heterocycles. The largest absolute Gasteiger partial charge is 0.459 e. The zero-order chi connectivity index (χ0) is 15.0. The van der Waals surface area contributed by atoms with Crippen LogP contribution < -0.4 is 0 Å². The van der Waals surface area contributed by atoms with Crippen LogP contribution in [0.3, 0.4) is 0 Å². The number of likely N-dealkylation sites (tertiary alicyclic amines) is 1. The Morgan fingerprint density at radius 3 is 2.86 bits per heavy atom. The van der Waals surface area contributed by atoms with E-state index in [4.69, 9.17) is 4.74 Å². The number of hydrogen-bond donors (Lipinski definition) is 0. The molecule has 0 radical (unpaired) electrons. The van der Waals surface area contributed by atoms with E-state index in [1.165, 1.54) is 0 Å². The fourth-order valence-electron chi connectivity index (χ4n) is 4.10. The molecule has 2 bridgehead atoms. The second kappa shape index (κ2) is 5.66. The molecule has 0 aromatic carbocycles.